The molecule has 0 bridgehead atoms. The number of rotatable bonds is 4. The summed E-state index contributed by atoms with van der Waals surface area (Å²) in [4.78, 5) is 0.258. The molecule has 9 heteroatoms. The molecule has 0 radical (unpaired) electrons. The van der Waals surface area contributed by atoms with Crippen LogP contribution in [0, 0.1) is 0 Å². The number of morpholine rings is 1. The van der Waals surface area contributed by atoms with Crippen LogP contribution in [-0.4, -0.2) is 49.9 Å². The Morgan fingerprint density at radius 1 is 1.00 bits per heavy atom. The fraction of sp³-hybridized carbons (Fsp3) is 0.364. The van der Waals surface area contributed by atoms with Crippen molar-refractivity contribution in [2.75, 3.05) is 31.6 Å². The predicted molar refractivity (Wildman–Crippen MR) is 126 cm³/mol. The van der Waals surface area contributed by atoms with Gasteiger partial charge in [0.1, 0.15) is 0 Å². The summed E-state index contributed by atoms with van der Waals surface area (Å²) >= 11 is 5.38. The van der Waals surface area contributed by atoms with E-state index in [-0.39, 0.29) is 4.90 Å². The maximum absolute atomic E-state index is 12.7. The number of nitrogens with one attached hydrogen (secondary N) is 2. The van der Waals surface area contributed by atoms with Crippen LogP contribution >= 0.6 is 12.2 Å². The largest absolute Gasteiger partial charge is 0.379 e. The van der Waals surface area contributed by atoms with E-state index in [0.717, 1.165) is 31.4 Å². The van der Waals surface area contributed by atoms with E-state index < -0.39 is 10.0 Å². The molecule has 0 aromatic heterocycles. The van der Waals surface area contributed by atoms with Crippen molar-refractivity contribution in [2.24, 2.45) is 5.10 Å². The van der Waals surface area contributed by atoms with Gasteiger partial charge in [-0.15, -0.1) is 0 Å². The molecule has 0 spiro atoms. The minimum atomic E-state index is -3.51. The van der Waals surface area contributed by atoms with Crippen LogP contribution in [0.5, 0.6) is 0 Å². The molecule has 2 aromatic rings. The van der Waals surface area contributed by atoms with Gasteiger partial charge < -0.3 is 10.1 Å². The van der Waals surface area contributed by atoms with Gasteiger partial charge in [0, 0.05) is 24.3 Å². The van der Waals surface area contributed by atoms with Gasteiger partial charge in [-0.3, -0.25) is 5.43 Å². The van der Waals surface area contributed by atoms with Crippen molar-refractivity contribution in [3.63, 3.8) is 0 Å². The average Bonchev–Trinajstić information content (AvgIpc) is 3.01. The average molecular weight is 459 g/mol. The minimum absolute atomic E-state index is 0.258. The molecule has 2 aromatic carbocycles. The molecular formula is C22H26N4O3S2. The number of hydrazone groups is 1. The molecular weight excluding hydrogens is 432 g/mol. The molecule has 1 aliphatic carbocycles. The van der Waals surface area contributed by atoms with E-state index in [1.165, 1.54) is 15.4 Å². The number of hydrogen-bond acceptors (Lipinski definition) is 5. The smallest absolute Gasteiger partial charge is 0.243 e. The lowest BCUT2D eigenvalue weighted by Gasteiger charge is -2.26. The zero-order valence-electron chi connectivity index (χ0n) is 17.2. The Morgan fingerprint density at radius 3 is 2.48 bits per heavy atom. The first-order valence-electron chi connectivity index (χ1n) is 10.4. The Bertz CT molecular complexity index is 1060. The molecule has 31 heavy (non-hydrogen) atoms. The fourth-order valence-electron chi connectivity index (χ4n) is 3.80. The Balaban J connectivity index is 1.40. The second-order valence-corrected chi connectivity index (χ2v) is 9.88. The molecule has 0 atom stereocenters. The zero-order chi connectivity index (χ0) is 21.7. The van der Waals surface area contributed by atoms with Crippen LogP contribution in [-0.2, 0) is 21.2 Å². The molecule has 0 saturated carbocycles. The number of aryl methyl sites for hydroxylation is 1. The number of ether oxygens (including phenoxy) is 1. The number of hydrogen-bond donors (Lipinski definition) is 2. The van der Waals surface area contributed by atoms with E-state index in [9.17, 15) is 8.42 Å². The molecule has 2 N–H and O–H groups in total. The third-order valence-corrected chi connectivity index (χ3v) is 7.56. The van der Waals surface area contributed by atoms with Crippen LogP contribution in [0.15, 0.2) is 58.5 Å². The number of anilines is 1. The van der Waals surface area contributed by atoms with Crippen LogP contribution in [0.25, 0.3) is 0 Å². The van der Waals surface area contributed by atoms with Gasteiger partial charge in [0.15, 0.2) is 5.11 Å². The van der Waals surface area contributed by atoms with E-state index in [2.05, 4.69) is 34.0 Å². The summed E-state index contributed by atoms with van der Waals surface area (Å²) in [6.07, 6.45) is 4.21. The summed E-state index contributed by atoms with van der Waals surface area (Å²) in [5, 5.41) is 7.97. The van der Waals surface area contributed by atoms with Gasteiger partial charge in [0.2, 0.25) is 10.0 Å². The summed E-state index contributed by atoms with van der Waals surface area (Å²) in [6.45, 7) is 1.59. The normalized spacial score (nSPS) is 18.8. The van der Waals surface area contributed by atoms with Crippen molar-refractivity contribution in [1.82, 2.24) is 9.73 Å². The van der Waals surface area contributed by atoms with Gasteiger partial charge in [-0.2, -0.15) is 9.41 Å². The maximum atomic E-state index is 12.7. The topological polar surface area (TPSA) is 83.0 Å². The molecule has 164 valence electrons. The Morgan fingerprint density at radius 2 is 1.71 bits per heavy atom. The predicted octanol–water partition coefficient (Wildman–Crippen LogP) is 3.12. The monoisotopic (exact) mass is 458 g/mol. The molecule has 0 unspecified atom stereocenters. The van der Waals surface area contributed by atoms with Gasteiger partial charge in [0.25, 0.3) is 0 Å². The first-order chi connectivity index (χ1) is 15.0. The standard InChI is InChI=1S/C22H26N4O3S2/c27-31(28,26-13-15-29-16-14-26)19-11-9-18(10-12-19)23-22(30)25-24-21-8-4-2-6-17-5-1-3-7-20(17)21/h1,3,5,7,9-12H,2,4,6,8,13-16H2,(H2,23,25,30)/b24-21-. The van der Waals surface area contributed by atoms with Crippen molar-refractivity contribution in [1.29, 1.82) is 0 Å². The Kier molecular flexibility index (Phi) is 6.96. The summed E-state index contributed by atoms with van der Waals surface area (Å²) < 4.78 is 32.1. The molecule has 1 heterocycles. The first-order valence-corrected chi connectivity index (χ1v) is 12.3. The SMILES string of the molecule is O=S(=O)(c1ccc(NC(=S)N/N=C2/CCCCc3ccccc32)cc1)N1CCOCC1. The van der Waals surface area contributed by atoms with E-state index >= 15 is 0 Å². The molecule has 4 rings (SSSR count). The summed E-state index contributed by atoms with van der Waals surface area (Å²) in [5.41, 5.74) is 7.12. The van der Waals surface area contributed by atoms with Crippen molar-refractivity contribution in [2.45, 2.75) is 30.6 Å². The summed E-state index contributed by atoms with van der Waals surface area (Å²) in [7, 11) is -3.51. The number of nitrogens with zero attached hydrogens (tertiary/aromatic N) is 2. The highest BCUT2D eigenvalue weighted by molar-refractivity contribution is 7.89. The second-order valence-electron chi connectivity index (χ2n) is 7.53. The minimum Gasteiger partial charge on any atom is -0.379 e. The van der Waals surface area contributed by atoms with Crippen LogP contribution < -0.4 is 10.7 Å². The van der Waals surface area contributed by atoms with Crippen LogP contribution in [0.2, 0.25) is 0 Å². The maximum Gasteiger partial charge on any atom is 0.243 e. The lowest BCUT2D eigenvalue weighted by molar-refractivity contribution is 0.0730. The lowest BCUT2D eigenvalue weighted by atomic mass is 10.0. The van der Waals surface area contributed by atoms with Gasteiger partial charge in [-0.1, -0.05) is 24.3 Å². The van der Waals surface area contributed by atoms with Crippen molar-refractivity contribution in [3.8, 4) is 0 Å². The molecule has 1 aliphatic heterocycles. The molecule has 1 fully saturated rings. The first kappa shape index (κ1) is 21.9. The van der Waals surface area contributed by atoms with Crippen LogP contribution in [0.1, 0.15) is 30.4 Å². The Labute approximate surface area is 188 Å². The Hall–Kier alpha value is -2.33. The fourth-order valence-corrected chi connectivity index (χ4v) is 5.37. The van der Waals surface area contributed by atoms with E-state index in [1.807, 2.05) is 6.07 Å². The van der Waals surface area contributed by atoms with Gasteiger partial charge >= 0.3 is 0 Å². The number of thiocarbonyl (C=S) groups is 1. The molecule has 1 saturated heterocycles. The molecule has 0 amide bonds. The lowest BCUT2D eigenvalue weighted by Crippen LogP contribution is -2.40. The van der Waals surface area contributed by atoms with Crippen LogP contribution in [0.3, 0.4) is 0 Å². The van der Waals surface area contributed by atoms with Gasteiger partial charge in [-0.25, -0.2) is 8.42 Å². The van der Waals surface area contributed by atoms with Crippen molar-refractivity contribution in [3.05, 3.63) is 59.7 Å². The summed E-state index contributed by atoms with van der Waals surface area (Å²) in [5.74, 6) is 0. The van der Waals surface area contributed by atoms with E-state index in [0.29, 0.717) is 37.1 Å². The van der Waals surface area contributed by atoms with Crippen LogP contribution in [0.4, 0.5) is 5.69 Å². The third-order valence-electron chi connectivity index (χ3n) is 5.45. The zero-order valence-corrected chi connectivity index (χ0v) is 18.8. The van der Waals surface area contributed by atoms with Crippen molar-refractivity contribution < 1.29 is 13.2 Å². The number of sulfonamides is 1. The number of benzene rings is 2. The highest BCUT2D eigenvalue weighted by atomic mass is 32.2. The van der Waals surface area contributed by atoms with E-state index in [1.54, 1.807) is 24.3 Å². The molecule has 7 nitrogen and oxygen atoms in total. The molecule has 2 aliphatic rings. The summed E-state index contributed by atoms with van der Waals surface area (Å²) in [6, 6.07) is 14.9. The van der Waals surface area contributed by atoms with Crippen molar-refractivity contribution >= 4 is 38.8 Å². The quantitative estimate of drug-likeness (QED) is 0.416. The van der Waals surface area contributed by atoms with E-state index in [4.69, 9.17) is 17.0 Å². The highest BCUT2D eigenvalue weighted by Gasteiger charge is 2.26. The van der Waals surface area contributed by atoms with Gasteiger partial charge in [0.05, 0.1) is 23.8 Å². The number of fused-ring (bicyclic) bond motifs is 1. The van der Waals surface area contributed by atoms with Gasteiger partial charge in [-0.05, 0) is 67.7 Å². The highest BCUT2D eigenvalue weighted by Crippen LogP contribution is 2.21. The second kappa shape index (κ2) is 9.86. The third kappa shape index (κ3) is 5.30.